The Kier molecular flexibility index (Phi) is 3.81. The molecule has 3 heterocycles. The third kappa shape index (κ3) is 2.91. The SMILES string of the molecule is O=C(c1cnccn1)N1CCc2c(nc(-c3ccccc3)[nH]c2=O)C1. The summed E-state index contributed by atoms with van der Waals surface area (Å²) in [6.07, 6.45) is 4.92. The van der Waals surface area contributed by atoms with Crippen molar-refractivity contribution in [2.75, 3.05) is 6.54 Å². The van der Waals surface area contributed by atoms with Crippen molar-refractivity contribution in [3.05, 3.63) is 76.2 Å². The molecule has 0 saturated carbocycles. The van der Waals surface area contributed by atoms with E-state index in [1.807, 2.05) is 30.3 Å². The van der Waals surface area contributed by atoms with Gasteiger partial charge in [0.1, 0.15) is 11.5 Å². The van der Waals surface area contributed by atoms with E-state index in [9.17, 15) is 9.59 Å². The zero-order valence-corrected chi connectivity index (χ0v) is 13.3. The highest BCUT2D eigenvalue weighted by molar-refractivity contribution is 5.92. The Morgan fingerprint density at radius 3 is 2.76 bits per heavy atom. The fourth-order valence-corrected chi connectivity index (χ4v) is 2.92. The number of benzene rings is 1. The van der Waals surface area contributed by atoms with Crippen LogP contribution in [0.2, 0.25) is 0 Å². The highest BCUT2D eigenvalue weighted by Gasteiger charge is 2.26. The van der Waals surface area contributed by atoms with Crippen LogP contribution >= 0.6 is 0 Å². The minimum Gasteiger partial charge on any atom is -0.331 e. The molecule has 4 rings (SSSR count). The number of aromatic nitrogens is 4. The van der Waals surface area contributed by atoms with Crippen molar-refractivity contribution in [1.29, 1.82) is 0 Å². The second-order valence-electron chi connectivity index (χ2n) is 5.77. The van der Waals surface area contributed by atoms with Crippen LogP contribution in [0.25, 0.3) is 11.4 Å². The Labute approximate surface area is 143 Å². The van der Waals surface area contributed by atoms with Gasteiger partial charge in [-0.05, 0) is 6.42 Å². The van der Waals surface area contributed by atoms with Crippen molar-refractivity contribution in [2.45, 2.75) is 13.0 Å². The van der Waals surface area contributed by atoms with E-state index < -0.39 is 0 Å². The first-order chi connectivity index (χ1) is 12.2. The molecule has 1 aliphatic rings. The van der Waals surface area contributed by atoms with E-state index in [2.05, 4.69) is 19.9 Å². The number of carbonyl (C=O) groups is 1. The predicted octanol–water partition coefficient (Wildman–Crippen LogP) is 1.43. The maximum atomic E-state index is 12.6. The first-order valence-corrected chi connectivity index (χ1v) is 7.95. The van der Waals surface area contributed by atoms with Crippen molar-refractivity contribution >= 4 is 5.91 Å². The van der Waals surface area contributed by atoms with E-state index in [0.29, 0.717) is 35.7 Å². The molecule has 0 aliphatic carbocycles. The van der Waals surface area contributed by atoms with Crippen molar-refractivity contribution in [3.63, 3.8) is 0 Å². The molecule has 0 radical (unpaired) electrons. The van der Waals surface area contributed by atoms with Crippen molar-refractivity contribution in [2.24, 2.45) is 0 Å². The van der Waals surface area contributed by atoms with Crippen LogP contribution in [-0.2, 0) is 13.0 Å². The smallest absolute Gasteiger partial charge is 0.274 e. The maximum Gasteiger partial charge on any atom is 0.274 e. The number of carbonyl (C=O) groups excluding carboxylic acids is 1. The van der Waals surface area contributed by atoms with E-state index >= 15 is 0 Å². The first kappa shape index (κ1) is 15.2. The molecule has 0 saturated heterocycles. The lowest BCUT2D eigenvalue weighted by Gasteiger charge is -2.27. The fraction of sp³-hybridized carbons (Fsp3) is 0.167. The lowest BCUT2D eigenvalue weighted by Crippen LogP contribution is -2.39. The van der Waals surface area contributed by atoms with Gasteiger partial charge in [0.25, 0.3) is 11.5 Å². The van der Waals surface area contributed by atoms with E-state index in [-0.39, 0.29) is 18.0 Å². The molecule has 0 bridgehead atoms. The Hall–Kier alpha value is -3.35. The number of hydrogen-bond acceptors (Lipinski definition) is 5. The highest BCUT2D eigenvalue weighted by atomic mass is 16.2. The van der Waals surface area contributed by atoms with Crippen LogP contribution in [0.5, 0.6) is 0 Å². The van der Waals surface area contributed by atoms with E-state index in [1.165, 1.54) is 18.6 Å². The molecule has 3 aromatic rings. The number of amides is 1. The fourth-order valence-electron chi connectivity index (χ4n) is 2.92. The predicted molar refractivity (Wildman–Crippen MR) is 90.8 cm³/mol. The molecule has 0 atom stereocenters. The Bertz CT molecular complexity index is 970. The van der Waals surface area contributed by atoms with E-state index in [1.54, 1.807) is 4.90 Å². The Morgan fingerprint density at radius 1 is 1.16 bits per heavy atom. The molecule has 1 aromatic carbocycles. The minimum absolute atomic E-state index is 0.143. The minimum atomic E-state index is -0.206. The van der Waals surface area contributed by atoms with Gasteiger partial charge in [0, 0.05) is 30.1 Å². The molecule has 1 aliphatic heterocycles. The van der Waals surface area contributed by atoms with Gasteiger partial charge >= 0.3 is 0 Å². The summed E-state index contributed by atoms with van der Waals surface area (Å²) in [7, 11) is 0. The zero-order valence-electron chi connectivity index (χ0n) is 13.3. The molecular weight excluding hydrogens is 318 g/mol. The second-order valence-corrected chi connectivity index (χ2v) is 5.77. The van der Waals surface area contributed by atoms with Crippen molar-refractivity contribution in [1.82, 2.24) is 24.8 Å². The van der Waals surface area contributed by atoms with Gasteiger partial charge in [-0.25, -0.2) is 9.97 Å². The van der Waals surface area contributed by atoms with Crippen LogP contribution in [0, 0.1) is 0 Å². The third-order valence-electron chi connectivity index (χ3n) is 4.19. The third-order valence-corrected chi connectivity index (χ3v) is 4.19. The Balaban J connectivity index is 1.67. The molecular formula is C18H15N5O2. The highest BCUT2D eigenvalue weighted by Crippen LogP contribution is 2.19. The van der Waals surface area contributed by atoms with Crippen LogP contribution in [0.15, 0.2) is 53.7 Å². The van der Waals surface area contributed by atoms with Crippen LogP contribution in [0.3, 0.4) is 0 Å². The number of hydrogen-bond donors (Lipinski definition) is 1. The van der Waals surface area contributed by atoms with Crippen LogP contribution in [0.4, 0.5) is 0 Å². The second kappa shape index (κ2) is 6.27. The van der Waals surface area contributed by atoms with Gasteiger partial charge < -0.3 is 9.88 Å². The molecule has 2 aromatic heterocycles. The monoisotopic (exact) mass is 333 g/mol. The van der Waals surface area contributed by atoms with Crippen LogP contribution < -0.4 is 5.56 Å². The number of H-pyrrole nitrogens is 1. The number of rotatable bonds is 2. The maximum absolute atomic E-state index is 12.6. The number of fused-ring (bicyclic) bond motifs is 1. The molecule has 0 fully saturated rings. The Morgan fingerprint density at radius 2 is 2.00 bits per heavy atom. The lowest BCUT2D eigenvalue weighted by molar-refractivity contribution is 0.0725. The summed E-state index contributed by atoms with van der Waals surface area (Å²) < 4.78 is 0. The summed E-state index contributed by atoms with van der Waals surface area (Å²) in [5.41, 5.74) is 2.25. The van der Waals surface area contributed by atoms with E-state index in [4.69, 9.17) is 0 Å². The lowest BCUT2D eigenvalue weighted by atomic mass is 10.1. The number of nitrogens with zero attached hydrogens (tertiary/aromatic N) is 4. The molecule has 7 heteroatoms. The zero-order chi connectivity index (χ0) is 17.2. The summed E-state index contributed by atoms with van der Waals surface area (Å²) in [5, 5.41) is 0. The van der Waals surface area contributed by atoms with Gasteiger partial charge in [0.2, 0.25) is 0 Å². The van der Waals surface area contributed by atoms with Gasteiger partial charge in [-0.2, -0.15) is 0 Å². The number of nitrogens with one attached hydrogen (secondary N) is 1. The molecule has 1 amide bonds. The largest absolute Gasteiger partial charge is 0.331 e. The summed E-state index contributed by atoms with van der Waals surface area (Å²) in [5.74, 6) is 0.306. The topological polar surface area (TPSA) is 91.8 Å². The summed E-state index contributed by atoms with van der Waals surface area (Å²) in [6, 6.07) is 9.45. The van der Waals surface area contributed by atoms with Gasteiger partial charge in [-0.15, -0.1) is 0 Å². The van der Waals surface area contributed by atoms with Crippen LogP contribution in [0.1, 0.15) is 21.7 Å². The molecule has 0 spiro atoms. The normalized spacial score (nSPS) is 13.4. The summed E-state index contributed by atoms with van der Waals surface area (Å²) in [4.78, 5) is 42.0. The molecule has 25 heavy (non-hydrogen) atoms. The molecule has 124 valence electrons. The molecule has 0 unspecified atom stereocenters. The standard InChI is InChI=1S/C18H15N5O2/c24-17-13-6-9-23(18(25)14-10-19-7-8-20-14)11-15(13)21-16(22-17)12-4-2-1-3-5-12/h1-5,7-8,10H,6,9,11H2,(H,21,22,24). The summed E-state index contributed by atoms with van der Waals surface area (Å²) >= 11 is 0. The van der Waals surface area contributed by atoms with Gasteiger partial charge in [0.15, 0.2) is 0 Å². The van der Waals surface area contributed by atoms with Crippen LogP contribution in [-0.4, -0.2) is 37.3 Å². The molecule has 1 N–H and O–H groups in total. The molecule has 7 nitrogen and oxygen atoms in total. The van der Waals surface area contributed by atoms with Crippen molar-refractivity contribution < 1.29 is 4.79 Å². The van der Waals surface area contributed by atoms with Gasteiger partial charge in [-0.1, -0.05) is 30.3 Å². The van der Waals surface area contributed by atoms with Gasteiger partial charge in [0.05, 0.1) is 18.4 Å². The average molecular weight is 333 g/mol. The summed E-state index contributed by atoms with van der Waals surface area (Å²) in [6.45, 7) is 0.742. The quantitative estimate of drug-likeness (QED) is 0.766. The average Bonchev–Trinajstić information content (AvgIpc) is 2.68. The first-order valence-electron chi connectivity index (χ1n) is 7.95. The van der Waals surface area contributed by atoms with Crippen molar-refractivity contribution in [3.8, 4) is 11.4 Å². The van der Waals surface area contributed by atoms with E-state index in [0.717, 1.165) is 5.56 Å². The number of aromatic amines is 1. The van der Waals surface area contributed by atoms with Gasteiger partial charge in [-0.3, -0.25) is 14.6 Å².